The Kier molecular flexibility index (Phi) is 28.5. The lowest BCUT2D eigenvalue weighted by Crippen LogP contribution is -2.43. The number of ether oxygens (including phenoxy) is 1. The number of aldehydes is 1. The van der Waals surface area contributed by atoms with Crippen LogP contribution in [0.5, 0.6) is 0 Å². The van der Waals surface area contributed by atoms with Gasteiger partial charge in [0.25, 0.3) is 0 Å². The highest BCUT2D eigenvalue weighted by molar-refractivity contribution is 5.74. The van der Waals surface area contributed by atoms with Crippen molar-refractivity contribution >= 4 is 18.2 Å². The summed E-state index contributed by atoms with van der Waals surface area (Å²) in [6.07, 6.45) is 26.7. The highest BCUT2D eigenvalue weighted by Gasteiger charge is 2.14. The lowest BCUT2D eigenvalue weighted by Gasteiger charge is -2.23. The molecule has 0 unspecified atom stereocenters. The molecule has 0 aromatic heterocycles. The van der Waals surface area contributed by atoms with E-state index in [4.69, 9.17) is 4.74 Å². The molecule has 230 valence electrons. The second kappa shape index (κ2) is 29.6. The molecule has 6 heteroatoms. The van der Waals surface area contributed by atoms with Crippen LogP contribution in [0.25, 0.3) is 0 Å². The Hall–Kier alpha value is -1.43. The second-order valence-electron chi connectivity index (χ2n) is 11.3. The van der Waals surface area contributed by atoms with Crippen LogP contribution in [-0.4, -0.2) is 42.4 Å². The predicted molar refractivity (Wildman–Crippen MR) is 163 cm³/mol. The second-order valence-corrected chi connectivity index (χ2v) is 11.3. The maximum atomic E-state index is 12.6. The number of nitrogens with zero attached hydrogens (tertiary/aromatic N) is 1. The lowest BCUT2D eigenvalue weighted by molar-refractivity contribution is -0.150. The Morgan fingerprint density at radius 3 is 1.69 bits per heavy atom. The average Bonchev–Trinajstić information content (AvgIpc) is 2.93. The van der Waals surface area contributed by atoms with Gasteiger partial charge in [-0.05, 0) is 51.4 Å². The van der Waals surface area contributed by atoms with E-state index in [0.29, 0.717) is 19.3 Å². The fourth-order valence-corrected chi connectivity index (χ4v) is 4.92. The number of hydrogen-bond donors (Lipinski definition) is 1. The van der Waals surface area contributed by atoms with Gasteiger partial charge < -0.3 is 9.53 Å². The summed E-state index contributed by atoms with van der Waals surface area (Å²) in [5.74, 6) is 0.0197. The van der Waals surface area contributed by atoms with Gasteiger partial charge in [0.1, 0.15) is 12.4 Å². The van der Waals surface area contributed by atoms with Crippen molar-refractivity contribution in [2.45, 2.75) is 181 Å². The van der Waals surface area contributed by atoms with Crippen molar-refractivity contribution in [3.63, 3.8) is 0 Å². The molecule has 0 rings (SSSR count). The molecule has 0 atom stereocenters. The highest BCUT2D eigenvalue weighted by Crippen LogP contribution is 2.18. The zero-order chi connectivity index (χ0) is 28.8. The molecule has 0 aromatic rings. The number of amides is 1. The average molecular weight is 553 g/mol. The molecule has 1 amide bonds. The van der Waals surface area contributed by atoms with Gasteiger partial charge in [-0.3, -0.25) is 15.0 Å². The number of carbonyl (C=O) groups is 3. The van der Waals surface area contributed by atoms with Crippen LogP contribution in [0.4, 0.5) is 0 Å². The Morgan fingerprint density at radius 2 is 1.15 bits per heavy atom. The quantitative estimate of drug-likeness (QED) is 0.0417. The van der Waals surface area contributed by atoms with Crippen molar-refractivity contribution in [1.82, 2.24) is 10.4 Å². The van der Waals surface area contributed by atoms with Gasteiger partial charge in [-0.2, -0.15) is 0 Å². The van der Waals surface area contributed by atoms with E-state index in [0.717, 1.165) is 77.2 Å². The predicted octanol–water partition coefficient (Wildman–Crippen LogP) is 8.85. The minimum Gasteiger partial charge on any atom is -0.462 e. The normalized spacial score (nSPS) is 11.3. The van der Waals surface area contributed by atoms with Crippen molar-refractivity contribution in [3.05, 3.63) is 0 Å². The van der Waals surface area contributed by atoms with E-state index in [-0.39, 0.29) is 18.0 Å². The first-order chi connectivity index (χ1) is 19.1. The van der Waals surface area contributed by atoms with Crippen LogP contribution in [0.2, 0.25) is 0 Å². The van der Waals surface area contributed by atoms with Gasteiger partial charge in [-0.1, -0.05) is 104 Å². The number of rotatable bonds is 30. The lowest BCUT2D eigenvalue weighted by atomic mass is 10.0. The minimum atomic E-state index is -0.0240. The Morgan fingerprint density at radius 1 is 0.667 bits per heavy atom. The first kappa shape index (κ1) is 37.6. The third kappa shape index (κ3) is 26.6. The van der Waals surface area contributed by atoms with Crippen LogP contribution in [0.15, 0.2) is 0 Å². The largest absolute Gasteiger partial charge is 0.462 e. The summed E-state index contributed by atoms with van der Waals surface area (Å²) in [7, 11) is 0. The molecule has 39 heavy (non-hydrogen) atoms. The monoisotopic (exact) mass is 552 g/mol. The standard InChI is InChI=1S/C33H64N2O4/c1-4-7-9-11-13-19-25-31(26-20-14-12-10-8-5-2)39-33(38)27-21-15-16-22-28-35(34-32(37)6-3)29-23-17-18-24-30-36/h30-31H,4-29H2,1-3H3,(H,34,37). The van der Waals surface area contributed by atoms with Gasteiger partial charge in [-0.15, -0.1) is 0 Å². The molecule has 0 bridgehead atoms. The van der Waals surface area contributed by atoms with Gasteiger partial charge in [0.2, 0.25) is 5.91 Å². The molecule has 0 heterocycles. The first-order valence-electron chi connectivity index (χ1n) is 16.7. The van der Waals surface area contributed by atoms with Crippen LogP contribution in [0, 0.1) is 0 Å². The van der Waals surface area contributed by atoms with Gasteiger partial charge in [0.05, 0.1) is 0 Å². The molecule has 0 radical (unpaired) electrons. The van der Waals surface area contributed by atoms with E-state index >= 15 is 0 Å². The van der Waals surface area contributed by atoms with E-state index in [1.165, 1.54) is 77.0 Å². The molecule has 0 aliphatic heterocycles. The molecule has 0 aliphatic carbocycles. The number of carbonyl (C=O) groups excluding carboxylic acids is 3. The molecular weight excluding hydrogens is 488 g/mol. The molecule has 0 saturated carbocycles. The topological polar surface area (TPSA) is 75.7 Å². The summed E-state index contributed by atoms with van der Waals surface area (Å²) >= 11 is 0. The van der Waals surface area contributed by atoms with Gasteiger partial charge in [0, 0.05) is 32.4 Å². The molecule has 0 aromatic carbocycles. The molecule has 0 saturated heterocycles. The number of unbranched alkanes of at least 4 members (excludes halogenated alkanes) is 16. The highest BCUT2D eigenvalue weighted by atomic mass is 16.5. The van der Waals surface area contributed by atoms with Crippen LogP contribution < -0.4 is 5.43 Å². The van der Waals surface area contributed by atoms with Crippen molar-refractivity contribution in [2.24, 2.45) is 0 Å². The molecule has 0 aliphatic rings. The van der Waals surface area contributed by atoms with E-state index in [1.807, 2.05) is 11.9 Å². The Bertz CT molecular complexity index is 554. The SMILES string of the molecule is CCCCCCCCC(CCCCCCCC)OC(=O)CCCCCCN(CCCCCC=O)NC(=O)CC. The van der Waals surface area contributed by atoms with Gasteiger partial charge in [-0.25, -0.2) is 5.01 Å². The van der Waals surface area contributed by atoms with Crippen molar-refractivity contribution in [1.29, 1.82) is 0 Å². The maximum Gasteiger partial charge on any atom is 0.306 e. The van der Waals surface area contributed by atoms with Crippen LogP contribution in [0.1, 0.15) is 175 Å². The zero-order valence-electron chi connectivity index (χ0n) is 26.1. The summed E-state index contributed by atoms with van der Waals surface area (Å²) in [6, 6.07) is 0. The van der Waals surface area contributed by atoms with Crippen LogP contribution in [0.3, 0.4) is 0 Å². The third-order valence-electron chi connectivity index (χ3n) is 7.47. The van der Waals surface area contributed by atoms with Gasteiger partial charge in [0.15, 0.2) is 0 Å². The van der Waals surface area contributed by atoms with Gasteiger partial charge >= 0.3 is 5.97 Å². The van der Waals surface area contributed by atoms with E-state index in [9.17, 15) is 14.4 Å². The number of hydrazine groups is 1. The Balaban J connectivity index is 4.25. The number of nitrogens with one attached hydrogen (secondary N) is 1. The van der Waals surface area contributed by atoms with Crippen LogP contribution >= 0.6 is 0 Å². The molecule has 0 spiro atoms. The Labute approximate surface area is 241 Å². The van der Waals surface area contributed by atoms with E-state index in [1.54, 1.807) is 0 Å². The van der Waals surface area contributed by atoms with Crippen molar-refractivity contribution < 1.29 is 19.1 Å². The summed E-state index contributed by atoms with van der Waals surface area (Å²) < 4.78 is 5.96. The maximum absolute atomic E-state index is 12.6. The summed E-state index contributed by atoms with van der Waals surface area (Å²) in [6.45, 7) is 8.00. The fourth-order valence-electron chi connectivity index (χ4n) is 4.92. The zero-order valence-corrected chi connectivity index (χ0v) is 26.1. The minimum absolute atomic E-state index is 0.0240. The summed E-state index contributed by atoms with van der Waals surface area (Å²) in [4.78, 5) is 34.9. The fraction of sp³-hybridized carbons (Fsp3) is 0.909. The van der Waals surface area contributed by atoms with E-state index < -0.39 is 0 Å². The van der Waals surface area contributed by atoms with Crippen LogP contribution in [-0.2, 0) is 19.1 Å². The molecule has 6 nitrogen and oxygen atoms in total. The molecule has 0 fully saturated rings. The molecular formula is C33H64N2O4. The number of hydrogen-bond acceptors (Lipinski definition) is 5. The summed E-state index contributed by atoms with van der Waals surface area (Å²) in [5.41, 5.74) is 3.00. The molecule has 1 N–H and O–H groups in total. The first-order valence-corrected chi connectivity index (χ1v) is 16.7. The number of esters is 1. The van der Waals surface area contributed by atoms with Crippen molar-refractivity contribution in [2.75, 3.05) is 13.1 Å². The van der Waals surface area contributed by atoms with E-state index in [2.05, 4.69) is 19.3 Å². The third-order valence-corrected chi connectivity index (χ3v) is 7.47. The summed E-state index contributed by atoms with van der Waals surface area (Å²) in [5, 5.41) is 2.02. The smallest absolute Gasteiger partial charge is 0.306 e. The van der Waals surface area contributed by atoms with Crippen molar-refractivity contribution in [3.8, 4) is 0 Å².